The zero-order chi connectivity index (χ0) is 17.4. The van der Waals surface area contributed by atoms with Crippen molar-refractivity contribution in [1.82, 2.24) is 4.90 Å². The van der Waals surface area contributed by atoms with Gasteiger partial charge >= 0.3 is 0 Å². The molecule has 2 heterocycles. The van der Waals surface area contributed by atoms with E-state index in [1.54, 1.807) is 4.90 Å². The Kier molecular flexibility index (Phi) is 3.84. The first-order valence-electron chi connectivity index (χ1n) is 8.46. The van der Waals surface area contributed by atoms with Gasteiger partial charge in [-0.15, -0.1) is 0 Å². The second kappa shape index (κ2) is 6.16. The molecule has 1 unspecified atom stereocenters. The number of carbonyl (C=O) groups is 2. The normalized spacial score (nSPS) is 19.9. The number of anilines is 1. The van der Waals surface area contributed by atoms with E-state index in [9.17, 15) is 9.59 Å². The van der Waals surface area contributed by atoms with Gasteiger partial charge in [0, 0.05) is 18.8 Å². The highest BCUT2D eigenvalue weighted by atomic mass is 16.2. The third-order valence-electron chi connectivity index (χ3n) is 4.79. The fraction of sp³-hybridized carbons (Fsp3) is 0.250. The van der Waals surface area contributed by atoms with Gasteiger partial charge in [0.25, 0.3) is 5.91 Å². The van der Waals surface area contributed by atoms with Gasteiger partial charge in [0.2, 0.25) is 11.9 Å². The first-order valence-corrected chi connectivity index (χ1v) is 8.46. The number of amides is 2. The summed E-state index contributed by atoms with van der Waals surface area (Å²) in [6, 6.07) is 17.6. The van der Waals surface area contributed by atoms with Crippen molar-refractivity contribution >= 4 is 23.5 Å². The second-order valence-corrected chi connectivity index (χ2v) is 6.42. The molecule has 126 valence electrons. The Morgan fingerprint density at radius 3 is 2.40 bits per heavy atom. The Bertz CT molecular complexity index is 860. The highest BCUT2D eigenvalue weighted by Crippen LogP contribution is 2.28. The molecule has 2 aromatic rings. The summed E-state index contributed by atoms with van der Waals surface area (Å²) in [5.41, 5.74) is 3.06. The average molecular weight is 333 g/mol. The SMILES string of the molecule is Cc1ccccc1N1CCN2C(=O)C(Cc3ccccc3)C(=O)N=C21. The number of nitrogens with zero attached hydrogens (tertiary/aromatic N) is 3. The molecule has 2 amide bonds. The van der Waals surface area contributed by atoms with Crippen molar-refractivity contribution in [2.45, 2.75) is 13.3 Å². The van der Waals surface area contributed by atoms with Crippen molar-refractivity contribution in [3.8, 4) is 0 Å². The van der Waals surface area contributed by atoms with E-state index in [0.29, 0.717) is 25.5 Å². The lowest BCUT2D eigenvalue weighted by Crippen LogP contribution is -2.48. The van der Waals surface area contributed by atoms with Gasteiger partial charge in [-0.25, -0.2) is 0 Å². The van der Waals surface area contributed by atoms with Crippen molar-refractivity contribution in [1.29, 1.82) is 0 Å². The maximum atomic E-state index is 12.9. The highest BCUT2D eigenvalue weighted by Gasteiger charge is 2.43. The van der Waals surface area contributed by atoms with Crippen LogP contribution in [0.3, 0.4) is 0 Å². The minimum atomic E-state index is -0.719. The molecule has 0 saturated carbocycles. The molecular weight excluding hydrogens is 314 g/mol. The van der Waals surface area contributed by atoms with E-state index in [1.165, 1.54) is 0 Å². The van der Waals surface area contributed by atoms with Crippen LogP contribution >= 0.6 is 0 Å². The van der Waals surface area contributed by atoms with Crippen LogP contribution in [-0.2, 0) is 16.0 Å². The molecule has 2 aliphatic heterocycles. The van der Waals surface area contributed by atoms with Crippen LogP contribution in [0, 0.1) is 12.8 Å². The maximum absolute atomic E-state index is 12.9. The average Bonchev–Trinajstić information content (AvgIpc) is 3.03. The lowest BCUT2D eigenvalue weighted by molar-refractivity contribution is -0.138. The van der Waals surface area contributed by atoms with Gasteiger partial charge in [-0.05, 0) is 30.5 Å². The maximum Gasteiger partial charge on any atom is 0.261 e. The number of aryl methyl sites for hydroxylation is 1. The van der Waals surface area contributed by atoms with E-state index in [2.05, 4.69) is 4.99 Å². The van der Waals surface area contributed by atoms with Crippen LogP contribution in [-0.4, -0.2) is 35.8 Å². The molecule has 2 aliphatic rings. The standard InChI is InChI=1S/C20H19N3O2/c1-14-7-5-6-10-17(14)22-11-12-23-19(25)16(18(24)21-20(22)23)13-15-8-3-2-4-9-15/h2-10,16H,11-13H2,1H3. The van der Waals surface area contributed by atoms with Gasteiger partial charge < -0.3 is 4.90 Å². The van der Waals surface area contributed by atoms with Crippen molar-refractivity contribution in [3.05, 3.63) is 65.7 Å². The summed E-state index contributed by atoms with van der Waals surface area (Å²) in [7, 11) is 0. The van der Waals surface area contributed by atoms with Crippen molar-refractivity contribution in [2.24, 2.45) is 10.9 Å². The fourth-order valence-corrected chi connectivity index (χ4v) is 3.46. The van der Waals surface area contributed by atoms with Crippen molar-refractivity contribution in [3.63, 3.8) is 0 Å². The number of fused-ring (bicyclic) bond motifs is 1. The molecular formula is C20H19N3O2. The number of hydrogen-bond acceptors (Lipinski definition) is 3. The van der Waals surface area contributed by atoms with Gasteiger partial charge in [0.15, 0.2) is 0 Å². The van der Waals surface area contributed by atoms with Crippen LogP contribution in [0.15, 0.2) is 59.6 Å². The second-order valence-electron chi connectivity index (χ2n) is 6.42. The van der Waals surface area contributed by atoms with Gasteiger partial charge in [-0.3, -0.25) is 14.5 Å². The molecule has 2 aromatic carbocycles. The number of aliphatic imine (C=N–C) groups is 1. The van der Waals surface area contributed by atoms with Crippen LogP contribution < -0.4 is 4.90 Å². The molecule has 25 heavy (non-hydrogen) atoms. The van der Waals surface area contributed by atoms with Crippen LogP contribution in [0.1, 0.15) is 11.1 Å². The largest absolute Gasteiger partial charge is 0.310 e. The first kappa shape index (κ1) is 15.6. The molecule has 0 aliphatic carbocycles. The van der Waals surface area contributed by atoms with E-state index in [0.717, 1.165) is 16.8 Å². The molecule has 5 nitrogen and oxygen atoms in total. The smallest absolute Gasteiger partial charge is 0.261 e. The lowest BCUT2D eigenvalue weighted by atomic mass is 9.96. The Hall–Kier alpha value is -2.95. The zero-order valence-electron chi connectivity index (χ0n) is 14.1. The van der Waals surface area contributed by atoms with Gasteiger partial charge in [-0.2, -0.15) is 4.99 Å². The Morgan fingerprint density at radius 1 is 0.960 bits per heavy atom. The van der Waals surface area contributed by atoms with E-state index < -0.39 is 5.92 Å². The quantitative estimate of drug-likeness (QED) is 0.811. The third kappa shape index (κ3) is 2.71. The topological polar surface area (TPSA) is 53.0 Å². The molecule has 1 atom stereocenters. The predicted molar refractivity (Wildman–Crippen MR) is 96.3 cm³/mol. The van der Waals surface area contributed by atoms with Gasteiger partial charge in [0.1, 0.15) is 5.92 Å². The number of benzene rings is 2. The molecule has 0 aromatic heterocycles. The summed E-state index contributed by atoms with van der Waals surface area (Å²) in [6.07, 6.45) is 0.399. The summed E-state index contributed by atoms with van der Waals surface area (Å²) < 4.78 is 0. The van der Waals surface area contributed by atoms with E-state index in [1.807, 2.05) is 66.4 Å². The summed E-state index contributed by atoms with van der Waals surface area (Å²) in [5, 5.41) is 0. The van der Waals surface area contributed by atoms with Crippen molar-refractivity contribution < 1.29 is 9.59 Å². The summed E-state index contributed by atoms with van der Waals surface area (Å²) >= 11 is 0. The molecule has 0 N–H and O–H groups in total. The predicted octanol–water partition coefficient (Wildman–Crippen LogP) is 2.40. The summed E-state index contributed by atoms with van der Waals surface area (Å²) in [5.74, 6) is -0.743. The van der Waals surface area contributed by atoms with E-state index in [4.69, 9.17) is 0 Å². The third-order valence-corrected chi connectivity index (χ3v) is 4.79. The van der Waals surface area contributed by atoms with Crippen LogP contribution in [0.4, 0.5) is 5.69 Å². The first-order chi connectivity index (χ1) is 12.1. The molecule has 1 fully saturated rings. The zero-order valence-corrected chi connectivity index (χ0v) is 14.1. The summed E-state index contributed by atoms with van der Waals surface area (Å²) in [4.78, 5) is 33.3. The van der Waals surface area contributed by atoms with Crippen molar-refractivity contribution in [2.75, 3.05) is 18.0 Å². The molecule has 0 spiro atoms. The Balaban J connectivity index is 1.64. The van der Waals surface area contributed by atoms with E-state index in [-0.39, 0.29) is 11.8 Å². The Morgan fingerprint density at radius 2 is 1.64 bits per heavy atom. The molecule has 0 bridgehead atoms. The van der Waals surface area contributed by atoms with Gasteiger partial charge in [-0.1, -0.05) is 48.5 Å². The van der Waals surface area contributed by atoms with Crippen LogP contribution in [0.25, 0.3) is 0 Å². The number of carbonyl (C=O) groups excluding carboxylic acids is 2. The van der Waals surface area contributed by atoms with Crippen LogP contribution in [0.5, 0.6) is 0 Å². The summed E-state index contributed by atoms with van der Waals surface area (Å²) in [6.45, 7) is 3.23. The highest BCUT2D eigenvalue weighted by molar-refractivity contribution is 6.20. The Labute approximate surface area is 146 Å². The monoisotopic (exact) mass is 333 g/mol. The number of para-hydroxylation sites is 1. The number of guanidine groups is 1. The van der Waals surface area contributed by atoms with Gasteiger partial charge in [0.05, 0.1) is 0 Å². The number of hydrogen-bond donors (Lipinski definition) is 0. The molecule has 5 heteroatoms. The lowest BCUT2D eigenvalue weighted by Gasteiger charge is -2.29. The molecule has 4 rings (SSSR count). The molecule has 0 radical (unpaired) electrons. The molecule has 1 saturated heterocycles. The van der Waals surface area contributed by atoms with E-state index >= 15 is 0 Å². The number of rotatable bonds is 3. The fourth-order valence-electron chi connectivity index (χ4n) is 3.46. The minimum absolute atomic E-state index is 0.144. The minimum Gasteiger partial charge on any atom is -0.310 e. The van der Waals surface area contributed by atoms with Crippen LogP contribution in [0.2, 0.25) is 0 Å².